The summed E-state index contributed by atoms with van der Waals surface area (Å²) in [5.41, 5.74) is 0. The normalized spacial score (nSPS) is 35.9. The molecule has 15 nitrogen and oxygen atoms in total. The van der Waals surface area contributed by atoms with Gasteiger partial charge >= 0.3 is 23.5 Å². The summed E-state index contributed by atoms with van der Waals surface area (Å²) >= 11 is 0. The summed E-state index contributed by atoms with van der Waals surface area (Å²) in [7, 11) is -16.2. The quantitative estimate of drug-likeness (QED) is 0.189. The molecule has 9 N–H and O–H groups in total. The Morgan fingerprint density at radius 1 is 0.500 bits per heavy atom. The lowest BCUT2D eigenvalue weighted by atomic mass is 9.85. The van der Waals surface area contributed by atoms with E-state index in [2.05, 4.69) is 13.6 Å². The molecular formula is C6H15O15P3. The topological polar surface area (TPSA) is 261 Å². The molecule has 0 bridgehead atoms. The van der Waals surface area contributed by atoms with Crippen molar-refractivity contribution in [2.75, 3.05) is 0 Å². The van der Waals surface area contributed by atoms with Crippen LogP contribution in [0, 0.1) is 0 Å². The summed E-state index contributed by atoms with van der Waals surface area (Å²) in [5.74, 6) is 0. The van der Waals surface area contributed by atoms with Crippen molar-refractivity contribution in [1.82, 2.24) is 0 Å². The highest BCUT2D eigenvalue weighted by molar-refractivity contribution is 7.46. The second kappa shape index (κ2) is 7.45. The number of phosphoric acid groups is 3. The Balaban J connectivity index is 3.23. The molecule has 0 unspecified atom stereocenters. The zero-order valence-corrected chi connectivity index (χ0v) is 14.0. The minimum Gasteiger partial charge on any atom is -0.387 e. The summed E-state index contributed by atoms with van der Waals surface area (Å²) in [6.45, 7) is 0. The molecule has 1 aliphatic carbocycles. The number of aliphatic hydroxyl groups excluding tert-OH is 3. The first-order valence-corrected chi connectivity index (χ1v) is 10.4. The Hall–Kier alpha value is 0.210. The monoisotopic (exact) mass is 420 g/mol. The Labute approximate surface area is 133 Å². The van der Waals surface area contributed by atoms with E-state index in [1.165, 1.54) is 0 Å². The van der Waals surface area contributed by atoms with Crippen LogP contribution in [0.1, 0.15) is 0 Å². The Morgan fingerprint density at radius 3 is 1.08 bits per heavy atom. The maximum absolute atomic E-state index is 10.9. The van der Waals surface area contributed by atoms with E-state index in [1.54, 1.807) is 0 Å². The molecule has 0 aromatic rings. The molecule has 1 rings (SSSR count). The molecule has 6 atom stereocenters. The molecular weight excluding hydrogens is 405 g/mol. The molecule has 0 aromatic heterocycles. The summed E-state index contributed by atoms with van der Waals surface area (Å²) in [6.07, 6.45) is -14.3. The minimum absolute atomic E-state index is 2.32. The molecule has 0 radical (unpaired) electrons. The van der Waals surface area contributed by atoms with E-state index < -0.39 is 60.1 Å². The Morgan fingerprint density at radius 2 is 0.750 bits per heavy atom. The fraction of sp³-hybridized carbons (Fsp3) is 1.00. The highest BCUT2D eigenvalue weighted by Crippen LogP contribution is 2.49. The second-order valence-corrected chi connectivity index (χ2v) is 8.23. The summed E-state index contributed by atoms with van der Waals surface area (Å²) in [6, 6.07) is 0. The lowest BCUT2D eigenvalue weighted by molar-refractivity contribution is -0.212. The smallest absolute Gasteiger partial charge is 0.387 e. The van der Waals surface area contributed by atoms with Gasteiger partial charge in [0.1, 0.15) is 36.6 Å². The standard InChI is InChI=1S/C6H15O15P3/c7-1-2(8)5(20-23(13,14)15)6(21-24(16,17)18)3(9)4(1)19-22(10,11)12/h1-9H,(H2,10,11,12)(H2,13,14,15)(H2,16,17,18)/t1-,2+,3-,4+,5+,6-/m1/s1. The molecule has 1 saturated carbocycles. The van der Waals surface area contributed by atoms with Gasteiger partial charge < -0.3 is 44.7 Å². The van der Waals surface area contributed by atoms with Gasteiger partial charge in [0.15, 0.2) is 0 Å². The van der Waals surface area contributed by atoms with E-state index in [1.807, 2.05) is 0 Å². The van der Waals surface area contributed by atoms with Gasteiger partial charge in [0.2, 0.25) is 0 Å². The largest absolute Gasteiger partial charge is 0.470 e. The van der Waals surface area contributed by atoms with Gasteiger partial charge in [-0.2, -0.15) is 0 Å². The first-order chi connectivity index (χ1) is 10.5. The highest BCUT2D eigenvalue weighted by atomic mass is 31.2. The van der Waals surface area contributed by atoms with Gasteiger partial charge in [-0.25, -0.2) is 13.7 Å². The molecule has 0 aromatic carbocycles. The lowest BCUT2D eigenvalue weighted by Crippen LogP contribution is -2.65. The zero-order valence-electron chi connectivity index (χ0n) is 11.3. The lowest BCUT2D eigenvalue weighted by Gasteiger charge is -2.44. The third kappa shape index (κ3) is 6.50. The van der Waals surface area contributed by atoms with Gasteiger partial charge in [0, 0.05) is 0 Å². The molecule has 24 heavy (non-hydrogen) atoms. The number of phosphoric ester groups is 3. The maximum Gasteiger partial charge on any atom is 0.470 e. The predicted molar refractivity (Wildman–Crippen MR) is 68.8 cm³/mol. The van der Waals surface area contributed by atoms with Gasteiger partial charge in [-0.1, -0.05) is 0 Å². The third-order valence-electron chi connectivity index (χ3n) is 2.80. The molecule has 144 valence electrons. The highest BCUT2D eigenvalue weighted by Gasteiger charge is 2.56. The van der Waals surface area contributed by atoms with Gasteiger partial charge in [-0.05, 0) is 0 Å². The fourth-order valence-electron chi connectivity index (χ4n) is 2.01. The molecule has 18 heteroatoms. The van der Waals surface area contributed by atoms with E-state index in [0.29, 0.717) is 0 Å². The van der Waals surface area contributed by atoms with Gasteiger partial charge in [0.25, 0.3) is 0 Å². The van der Waals surface area contributed by atoms with Crippen molar-refractivity contribution >= 4 is 23.5 Å². The average Bonchev–Trinajstić information content (AvgIpc) is 2.32. The van der Waals surface area contributed by atoms with E-state index in [4.69, 9.17) is 29.4 Å². The first-order valence-electron chi connectivity index (χ1n) is 5.78. The molecule has 0 heterocycles. The van der Waals surface area contributed by atoms with Crippen molar-refractivity contribution in [3.63, 3.8) is 0 Å². The van der Waals surface area contributed by atoms with Crippen LogP contribution in [-0.4, -0.2) is 81.3 Å². The molecule has 0 aliphatic heterocycles. The maximum atomic E-state index is 10.9. The number of rotatable bonds is 6. The van der Waals surface area contributed by atoms with Crippen LogP contribution in [-0.2, 0) is 27.3 Å². The van der Waals surface area contributed by atoms with Crippen molar-refractivity contribution < 1.29 is 71.9 Å². The van der Waals surface area contributed by atoms with Crippen LogP contribution in [0.5, 0.6) is 0 Å². The SMILES string of the molecule is O=P(O)(O)O[C@H]1[C@H](O)[C@H](O)[C@H](OP(=O)(O)O)[C@H](OP(=O)(O)O)[C@@H]1O. The van der Waals surface area contributed by atoms with Crippen LogP contribution in [0.4, 0.5) is 0 Å². The van der Waals surface area contributed by atoms with Gasteiger partial charge in [0.05, 0.1) is 0 Å². The van der Waals surface area contributed by atoms with E-state index in [9.17, 15) is 29.0 Å². The van der Waals surface area contributed by atoms with Gasteiger partial charge in [-0.3, -0.25) is 13.6 Å². The summed E-state index contributed by atoms with van der Waals surface area (Å²) in [4.78, 5) is 52.4. The summed E-state index contributed by atoms with van der Waals surface area (Å²) in [5, 5.41) is 29.3. The van der Waals surface area contributed by atoms with E-state index >= 15 is 0 Å². The third-order valence-corrected chi connectivity index (χ3v) is 4.35. The predicted octanol–water partition coefficient (Wildman–Crippen LogP) is -3.48. The van der Waals surface area contributed by atoms with Crippen LogP contribution < -0.4 is 0 Å². The number of aliphatic hydroxyl groups is 3. The van der Waals surface area contributed by atoms with Crippen LogP contribution in [0.25, 0.3) is 0 Å². The molecule has 1 fully saturated rings. The average molecular weight is 420 g/mol. The van der Waals surface area contributed by atoms with E-state index in [0.717, 1.165) is 0 Å². The van der Waals surface area contributed by atoms with Crippen LogP contribution >= 0.6 is 23.5 Å². The minimum atomic E-state index is -5.43. The second-order valence-electron chi connectivity index (χ2n) is 4.65. The van der Waals surface area contributed by atoms with E-state index in [-0.39, 0.29) is 0 Å². The van der Waals surface area contributed by atoms with Crippen LogP contribution in [0.15, 0.2) is 0 Å². The molecule has 0 amide bonds. The Kier molecular flexibility index (Phi) is 6.90. The van der Waals surface area contributed by atoms with Crippen molar-refractivity contribution in [2.24, 2.45) is 0 Å². The van der Waals surface area contributed by atoms with Crippen molar-refractivity contribution in [1.29, 1.82) is 0 Å². The van der Waals surface area contributed by atoms with Crippen molar-refractivity contribution in [3.8, 4) is 0 Å². The number of hydrogen-bond acceptors (Lipinski definition) is 9. The Bertz CT molecular complexity index is 574. The summed E-state index contributed by atoms with van der Waals surface area (Å²) < 4.78 is 44.7. The molecule has 1 aliphatic rings. The fourth-order valence-corrected chi connectivity index (χ4v) is 3.70. The van der Waals surface area contributed by atoms with Crippen LogP contribution in [0.2, 0.25) is 0 Å². The van der Waals surface area contributed by atoms with Gasteiger partial charge in [-0.15, -0.1) is 0 Å². The number of hydrogen-bond donors (Lipinski definition) is 9. The van der Waals surface area contributed by atoms with Crippen molar-refractivity contribution in [3.05, 3.63) is 0 Å². The molecule has 0 spiro atoms. The molecule has 0 saturated heterocycles. The zero-order chi connectivity index (χ0) is 19.1. The van der Waals surface area contributed by atoms with Crippen molar-refractivity contribution in [2.45, 2.75) is 36.6 Å². The van der Waals surface area contributed by atoms with Crippen LogP contribution in [0.3, 0.4) is 0 Å². The first kappa shape index (κ1) is 22.3.